The lowest BCUT2D eigenvalue weighted by atomic mass is 10.2. The third kappa shape index (κ3) is 3.65. The maximum Gasteiger partial charge on any atom is 0.119 e. The van der Waals surface area contributed by atoms with Crippen LogP contribution in [0.25, 0.3) is 0 Å². The second kappa shape index (κ2) is 5.89. The van der Waals surface area contributed by atoms with E-state index >= 15 is 0 Å². The molecule has 0 aliphatic rings. The molecule has 0 aliphatic carbocycles. The van der Waals surface area contributed by atoms with Gasteiger partial charge in [-0.25, -0.2) is 0 Å². The van der Waals surface area contributed by atoms with E-state index in [4.69, 9.17) is 27.9 Å². The van der Waals surface area contributed by atoms with Gasteiger partial charge in [-0.2, -0.15) is 0 Å². The first-order valence-electron chi connectivity index (χ1n) is 4.50. The first-order valence-corrected chi connectivity index (χ1v) is 5.32. The minimum Gasteiger partial charge on any atom is -0.497 e. The summed E-state index contributed by atoms with van der Waals surface area (Å²) in [5.41, 5.74) is 3.48. The molecule has 0 heterocycles. The van der Waals surface area contributed by atoms with Crippen molar-refractivity contribution in [3.63, 3.8) is 0 Å². The number of nitrogens with one attached hydrogen (secondary N) is 1. The highest BCUT2D eigenvalue weighted by Gasteiger charge is 2.00. The van der Waals surface area contributed by atoms with E-state index in [0.717, 1.165) is 17.0 Å². The summed E-state index contributed by atoms with van der Waals surface area (Å²) in [6.07, 6.45) is 0. The van der Waals surface area contributed by atoms with E-state index in [1.807, 2.05) is 25.1 Å². The van der Waals surface area contributed by atoms with Crippen molar-refractivity contribution in [2.75, 3.05) is 19.0 Å². The van der Waals surface area contributed by atoms with Crippen LogP contribution < -0.4 is 10.1 Å². The van der Waals surface area contributed by atoms with E-state index in [1.165, 1.54) is 5.54 Å². The number of anilines is 1. The third-order valence-corrected chi connectivity index (χ3v) is 2.62. The summed E-state index contributed by atoms with van der Waals surface area (Å²) in [7, 11) is 1.65. The first kappa shape index (κ1) is 12.2. The molecule has 0 saturated carbocycles. The molecule has 2 nitrogen and oxygen atoms in total. The highest BCUT2D eigenvalue weighted by molar-refractivity contribution is 6.36. The molecular weight excluding hydrogens is 233 g/mol. The zero-order valence-corrected chi connectivity index (χ0v) is 10.2. The number of hydrogen-bond acceptors (Lipinski definition) is 2. The number of methoxy groups -OCH3 is 1. The molecule has 15 heavy (non-hydrogen) atoms. The Morgan fingerprint density at radius 3 is 2.80 bits per heavy atom. The van der Waals surface area contributed by atoms with Crippen LogP contribution in [0, 0.1) is 6.92 Å². The van der Waals surface area contributed by atoms with Gasteiger partial charge in [0.1, 0.15) is 5.75 Å². The van der Waals surface area contributed by atoms with E-state index in [2.05, 4.69) is 5.32 Å². The van der Waals surface area contributed by atoms with Crippen molar-refractivity contribution >= 4 is 28.9 Å². The molecule has 0 atom stereocenters. The fraction of sp³-hybridized carbons (Fsp3) is 0.273. The van der Waals surface area contributed by atoms with Gasteiger partial charge in [-0.05, 0) is 30.7 Å². The lowest BCUT2D eigenvalue weighted by Gasteiger charge is -2.10. The van der Waals surface area contributed by atoms with Crippen LogP contribution in [0.2, 0.25) is 0 Å². The van der Waals surface area contributed by atoms with Crippen LogP contribution in [-0.2, 0) is 0 Å². The van der Waals surface area contributed by atoms with Crippen LogP contribution in [-0.4, -0.2) is 13.7 Å². The average Bonchev–Trinajstić information content (AvgIpc) is 2.26. The van der Waals surface area contributed by atoms with Gasteiger partial charge >= 0.3 is 0 Å². The number of aryl methyl sites for hydroxylation is 1. The minimum atomic E-state index is 0.526. The summed E-state index contributed by atoms with van der Waals surface area (Å²) in [6.45, 7) is 2.53. The number of rotatable bonds is 4. The topological polar surface area (TPSA) is 21.3 Å². The van der Waals surface area contributed by atoms with E-state index in [0.29, 0.717) is 11.6 Å². The standard InChI is InChI=1S/C11H13Cl2NO/c1-8-5-10(15-2)3-4-11(8)14-7-9(13)6-12/h3-6,14H,7H2,1-2H3. The van der Waals surface area contributed by atoms with Crippen molar-refractivity contribution in [2.24, 2.45) is 0 Å². The highest BCUT2D eigenvalue weighted by Crippen LogP contribution is 2.21. The third-order valence-electron chi connectivity index (χ3n) is 2.00. The maximum atomic E-state index is 5.77. The number of benzene rings is 1. The second-order valence-corrected chi connectivity index (χ2v) is 3.79. The van der Waals surface area contributed by atoms with E-state index < -0.39 is 0 Å². The molecule has 0 unspecified atom stereocenters. The molecular formula is C11H13Cl2NO. The molecule has 0 bridgehead atoms. The van der Waals surface area contributed by atoms with Gasteiger partial charge in [-0.15, -0.1) is 0 Å². The molecule has 1 aromatic carbocycles. The summed E-state index contributed by atoms with van der Waals surface area (Å²) < 4.78 is 5.11. The van der Waals surface area contributed by atoms with Crippen molar-refractivity contribution in [1.29, 1.82) is 0 Å². The molecule has 0 aliphatic heterocycles. The SMILES string of the molecule is COc1ccc(NCC(Cl)=CCl)c(C)c1. The van der Waals surface area contributed by atoms with Crippen molar-refractivity contribution in [1.82, 2.24) is 0 Å². The molecule has 1 aromatic rings. The van der Waals surface area contributed by atoms with Crippen LogP contribution in [0.3, 0.4) is 0 Å². The Kier molecular flexibility index (Phi) is 4.79. The van der Waals surface area contributed by atoms with Crippen LogP contribution in [0.4, 0.5) is 5.69 Å². The number of halogens is 2. The zero-order chi connectivity index (χ0) is 11.3. The van der Waals surface area contributed by atoms with Crippen LogP contribution >= 0.6 is 23.2 Å². The van der Waals surface area contributed by atoms with Gasteiger partial charge in [0.2, 0.25) is 0 Å². The molecule has 0 saturated heterocycles. The molecule has 0 fully saturated rings. The van der Waals surface area contributed by atoms with Gasteiger partial charge in [-0.3, -0.25) is 0 Å². The molecule has 0 spiro atoms. The van der Waals surface area contributed by atoms with Gasteiger partial charge in [0.15, 0.2) is 0 Å². The molecule has 1 N–H and O–H groups in total. The van der Waals surface area contributed by atoms with Gasteiger partial charge in [0.25, 0.3) is 0 Å². The zero-order valence-electron chi connectivity index (χ0n) is 8.68. The van der Waals surface area contributed by atoms with Crippen molar-refractivity contribution in [2.45, 2.75) is 6.92 Å². The summed E-state index contributed by atoms with van der Waals surface area (Å²) in [6, 6.07) is 5.81. The van der Waals surface area contributed by atoms with Crippen LogP contribution in [0.15, 0.2) is 28.8 Å². The molecule has 4 heteroatoms. The van der Waals surface area contributed by atoms with Crippen LogP contribution in [0.5, 0.6) is 5.75 Å². The fourth-order valence-electron chi connectivity index (χ4n) is 1.18. The van der Waals surface area contributed by atoms with Gasteiger partial charge in [-0.1, -0.05) is 23.2 Å². The normalized spacial score (nSPS) is 11.3. The second-order valence-electron chi connectivity index (χ2n) is 3.09. The van der Waals surface area contributed by atoms with E-state index in [1.54, 1.807) is 7.11 Å². The average molecular weight is 246 g/mol. The summed E-state index contributed by atoms with van der Waals surface area (Å²) in [5.74, 6) is 0.844. The Morgan fingerprint density at radius 1 is 1.53 bits per heavy atom. The predicted molar refractivity (Wildman–Crippen MR) is 66.0 cm³/mol. The summed E-state index contributed by atoms with van der Waals surface area (Å²) in [4.78, 5) is 0. The molecule has 1 rings (SSSR count). The largest absolute Gasteiger partial charge is 0.497 e. The molecule has 0 amide bonds. The van der Waals surface area contributed by atoms with E-state index in [9.17, 15) is 0 Å². The summed E-state index contributed by atoms with van der Waals surface area (Å²) >= 11 is 11.2. The molecule has 0 radical (unpaired) electrons. The maximum absolute atomic E-state index is 5.77. The molecule has 0 aromatic heterocycles. The van der Waals surface area contributed by atoms with Crippen molar-refractivity contribution in [3.8, 4) is 5.75 Å². The Balaban J connectivity index is 2.70. The monoisotopic (exact) mass is 245 g/mol. The van der Waals surface area contributed by atoms with Gasteiger partial charge in [0, 0.05) is 16.3 Å². The van der Waals surface area contributed by atoms with Crippen molar-refractivity contribution in [3.05, 3.63) is 34.3 Å². The summed E-state index contributed by atoms with van der Waals surface area (Å²) in [5, 5.41) is 3.75. The lowest BCUT2D eigenvalue weighted by molar-refractivity contribution is 0.414. The Morgan fingerprint density at radius 2 is 2.27 bits per heavy atom. The minimum absolute atomic E-state index is 0.526. The number of ether oxygens (including phenoxy) is 1. The molecule has 82 valence electrons. The Labute approximate surface area is 99.8 Å². The predicted octanol–water partition coefficient (Wildman–Crippen LogP) is 3.73. The first-order chi connectivity index (χ1) is 7.17. The van der Waals surface area contributed by atoms with Crippen molar-refractivity contribution < 1.29 is 4.74 Å². The van der Waals surface area contributed by atoms with Gasteiger partial charge < -0.3 is 10.1 Å². The fourth-order valence-corrected chi connectivity index (χ4v) is 1.32. The lowest BCUT2D eigenvalue weighted by Crippen LogP contribution is -2.02. The Bertz CT molecular complexity index is 364. The van der Waals surface area contributed by atoms with Crippen LogP contribution in [0.1, 0.15) is 5.56 Å². The van der Waals surface area contributed by atoms with Gasteiger partial charge in [0.05, 0.1) is 13.7 Å². The highest BCUT2D eigenvalue weighted by atomic mass is 35.5. The smallest absolute Gasteiger partial charge is 0.119 e. The number of hydrogen-bond donors (Lipinski definition) is 1. The van der Waals surface area contributed by atoms with E-state index in [-0.39, 0.29) is 0 Å². The Hall–Kier alpha value is -0.860. The quantitative estimate of drug-likeness (QED) is 0.873.